The first-order valence-electron chi connectivity index (χ1n) is 6.71. The minimum Gasteiger partial charge on any atom is -0.462 e. The SMILES string of the molecule is Cl.OC1CCC(NCc2csc(-c3ccco3)n2)CC1. The molecule has 0 saturated heterocycles. The Morgan fingerprint density at radius 1 is 1.35 bits per heavy atom. The number of hydrogen-bond acceptors (Lipinski definition) is 5. The number of aromatic nitrogens is 1. The van der Waals surface area contributed by atoms with E-state index in [1.165, 1.54) is 0 Å². The van der Waals surface area contributed by atoms with Gasteiger partial charge >= 0.3 is 0 Å². The van der Waals surface area contributed by atoms with E-state index in [4.69, 9.17) is 4.42 Å². The lowest BCUT2D eigenvalue weighted by Gasteiger charge is -2.25. The molecule has 2 aromatic rings. The van der Waals surface area contributed by atoms with Crippen LogP contribution in [0.2, 0.25) is 0 Å². The molecule has 6 heteroatoms. The fourth-order valence-electron chi connectivity index (χ4n) is 2.43. The average molecular weight is 315 g/mol. The number of furan rings is 1. The van der Waals surface area contributed by atoms with Crippen molar-refractivity contribution in [3.8, 4) is 10.8 Å². The van der Waals surface area contributed by atoms with Crippen LogP contribution in [-0.4, -0.2) is 22.2 Å². The molecule has 0 radical (unpaired) electrons. The molecule has 0 bridgehead atoms. The Bertz CT molecular complexity index is 507. The van der Waals surface area contributed by atoms with Crippen molar-refractivity contribution in [2.24, 2.45) is 0 Å². The Morgan fingerprint density at radius 3 is 2.85 bits per heavy atom. The molecular formula is C14H19ClN2O2S. The fraction of sp³-hybridized carbons (Fsp3) is 0.500. The largest absolute Gasteiger partial charge is 0.462 e. The minimum atomic E-state index is -0.0946. The second-order valence-electron chi connectivity index (χ2n) is 5.01. The van der Waals surface area contributed by atoms with Gasteiger partial charge in [-0.3, -0.25) is 0 Å². The molecule has 1 fully saturated rings. The van der Waals surface area contributed by atoms with Gasteiger partial charge in [-0.1, -0.05) is 0 Å². The first-order chi connectivity index (χ1) is 9.31. The van der Waals surface area contributed by atoms with Crippen LogP contribution in [0.1, 0.15) is 31.4 Å². The monoisotopic (exact) mass is 314 g/mol. The zero-order valence-corrected chi connectivity index (χ0v) is 12.8. The topological polar surface area (TPSA) is 58.3 Å². The zero-order valence-electron chi connectivity index (χ0n) is 11.1. The lowest BCUT2D eigenvalue weighted by Crippen LogP contribution is -2.34. The van der Waals surface area contributed by atoms with E-state index in [9.17, 15) is 5.11 Å². The van der Waals surface area contributed by atoms with E-state index in [0.29, 0.717) is 6.04 Å². The molecule has 0 amide bonds. The van der Waals surface area contributed by atoms with Crippen LogP contribution in [0.5, 0.6) is 0 Å². The summed E-state index contributed by atoms with van der Waals surface area (Å²) in [5.41, 5.74) is 1.06. The van der Waals surface area contributed by atoms with Crippen LogP contribution >= 0.6 is 23.7 Å². The molecule has 0 unspecified atom stereocenters. The number of hydrogen-bond donors (Lipinski definition) is 2. The molecule has 20 heavy (non-hydrogen) atoms. The van der Waals surface area contributed by atoms with Gasteiger partial charge in [-0.15, -0.1) is 23.7 Å². The first-order valence-corrected chi connectivity index (χ1v) is 7.59. The third-order valence-corrected chi connectivity index (χ3v) is 4.46. The molecular weight excluding hydrogens is 296 g/mol. The molecule has 2 aromatic heterocycles. The fourth-order valence-corrected chi connectivity index (χ4v) is 3.22. The highest BCUT2D eigenvalue weighted by atomic mass is 35.5. The van der Waals surface area contributed by atoms with Crippen molar-refractivity contribution < 1.29 is 9.52 Å². The first kappa shape index (κ1) is 15.5. The number of thiazole rings is 1. The maximum Gasteiger partial charge on any atom is 0.162 e. The highest BCUT2D eigenvalue weighted by Gasteiger charge is 2.19. The lowest BCUT2D eigenvalue weighted by atomic mass is 9.93. The van der Waals surface area contributed by atoms with Crippen LogP contribution in [0.3, 0.4) is 0 Å². The van der Waals surface area contributed by atoms with Gasteiger partial charge in [0, 0.05) is 18.0 Å². The Hall–Kier alpha value is -0.880. The van der Waals surface area contributed by atoms with E-state index in [1.807, 2.05) is 12.1 Å². The van der Waals surface area contributed by atoms with Gasteiger partial charge in [-0.2, -0.15) is 0 Å². The quantitative estimate of drug-likeness (QED) is 0.909. The minimum absolute atomic E-state index is 0. The molecule has 1 aliphatic carbocycles. The Kier molecular flexibility index (Phi) is 5.60. The highest BCUT2D eigenvalue weighted by molar-refractivity contribution is 7.13. The molecule has 3 rings (SSSR count). The predicted molar refractivity (Wildman–Crippen MR) is 82.2 cm³/mol. The molecule has 0 atom stereocenters. The molecule has 0 aliphatic heterocycles. The van der Waals surface area contributed by atoms with Crippen molar-refractivity contribution in [3.05, 3.63) is 29.5 Å². The third kappa shape index (κ3) is 3.82. The molecule has 1 aliphatic rings. The van der Waals surface area contributed by atoms with Crippen molar-refractivity contribution in [3.63, 3.8) is 0 Å². The van der Waals surface area contributed by atoms with Crippen molar-refractivity contribution >= 4 is 23.7 Å². The summed E-state index contributed by atoms with van der Waals surface area (Å²) in [4.78, 5) is 4.56. The summed E-state index contributed by atoms with van der Waals surface area (Å²) in [7, 11) is 0. The van der Waals surface area contributed by atoms with Gasteiger partial charge in [0.25, 0.3) is 0 Å². The van der Waals surface area contributed by atoms with Gasteiger partial charge in [0.05, 0.1) is 18.1 Å². The zero-order chi connectivity index (χ0) is 13.1. The van der Waals surface area contributed by atoms with Gasteiger partial charge < -0.3 is 14.8 Å². The van der Waals surface area contributed by atoms with Crippen LogP contribution in [0.4, 0.5) is 0 Å². The predicted octanol–water partition coefficient (Wildman–Crippen LogP) is 3.22. The van der Waals surface area contributed by atoms with E-state index in [1.54, 1.807) is 17.6 Å². The van der Waals surface area contributed by atoms with E-state index in [0.717, 1.165) is 48.7 Å². The Labute approximate surface area is 128 Å². The lowest BCUT2D eigenvalue weighted by molar-refractivity contribution is 0.116. The van der Waals surface area contributed by atoms with Crippen LogP contribution in [0.15, 0.2) is 28.2 Å². The van der Waals surface area contributed by atoms with E-state index < -0.39 is 0 Å². The van der Waals surface area contributed by atoms with Crippen LogP contribution < -0.4 is 5.32 Å². The van der Waals surface area contributed by atoms with Crippen molar-refractivity contribution in [2.75, 3.05) is 0 Å². The Balaban J connectivity index is 0.00000147. The van der Waals surface area contributed by atoms with Gasteiger partial charge in [0.1, 0.15) is 0 Å². The van der Waals surface area contributed by atoms with Crippen molar-refractivity contribution in [1.29, 1.82) is 0 Å². The second kappa shape index (κ2) is 7.22. The van der Waals surface area contributed by atoms with Crippen LogP contribution in [0, 0.1) is 0 Å². The molecule has 2 N–H and O–H groups in total. The summed E-state index contributed by atoms with van der Waals surface area (Å²) in [6, 6.07) is 4.32. The molecule has 0 spiro atoms. The van der Waals surface area contributed by atoms with Gasteiger partial charge in [0.15, 0.2) is 10.8 Å². The maximum absolute atomic E-state index is 9.47. The smallest absolute Gasteiger partial charge is 0.162 e. The molecule has 110 valence electrons. The van der Waals surface area contributed by atoms with E-state index in [2.05, 4.69) is 15.7 Å². The standard InChI is InChI=1S/C14H18N2O2S.ClH/c17-12-5-3-10(4-6-12)15-8-11-9-19-14(16-11)13-2-1-7-18-13;/h1-2,7,9-10,12,15,17H,3-6,8H2;1H. The molecule has 1 saturated carbocycles. The summed E-state index contributed by atoms with van der Waals surface area (Å²) >= 11 is 1.61. The second-order valence-corrected chi connectivity index (χ2v) is 5.87. The van der Waals surface area contributed by atoms with Gasteiger partial charge in [-0.25, -0.2) is 4.98 Å². The number of rotatable bonds is 4. The van der Waals surface area contributed by atoms with Crippen LogP contribution in [0.25, 0.3) is 10.8 Å². The molecule has 2 heterocycles. The van der Waals surface area contributed by atoms with Crippen molar-refractivity contribution in [1.82, 2.24) is 10.3 Å². The summed E-state index contributed by atoms with van der Waals surface area (Å²) in [6.07, 6.45) is 5.50. The third-order valence-electron chi connectivity index (χ3n) is 3.55. The Morgan fingerprint density at radius 2 is 2.15 bits per heavy atom. The van der Waals surface area contributed by atoms with Gasteiger partial charge in [-0.05, 0) is 37.8 Å². The number of halogens is 1. The van der Waals surface area contributed by atoms with E-state index in [-0.39, 0.29) is 18.5 Å². The van der Waals surface area contributed by atoms with Crippen LogP contribution in [-0.2, 0) is 6.54 Å². The highest BCUT2D eigenvalue weighted by Crippen LogP contribution is 2.24. The summed E-state index contributed by atoms with van der Waals surface area (Å²) in [6.45, 7) is 0.790. The van der Waals surface area contributed by atoms with Crippen molar-refractivity contribution in [2.45, 2.75) is 44.4 Å². The number of nitrogens with zero attached hydrogens (tertiary/aromatic N) is 1. The average Bonchev–Trinajstić information content (AvgIpc) is 3.09. The maximum atomic E-state index is 9.47. The molecule has 0 aromatic carbocycles. The number of nitrogens with one attached hydrogen (secondary N) is 1. The van der Waals surface area contributed by atoms with Gasteiger partial charge in [0.2, 0.25) is 0 Å². The van der Waals surface area contributed by atoms with E-state index >= 15 is 0 Å². The normalized spacial score (nSPS) is 22.4. The molecule has 4 nitrogen and oxygen atoms in total. The summed E-state index contributed by atoms with van der Waals surface area (Å²) in [5.74, 6) is 0.831. The summed E-state index contributed by atoms with van der Waals surface area (Å²) in [5, 5.41) is 16.0. The summed E-state index contributed by atoms with van der Waals surface area (Å²) < 4.78 is 5.34. The number of aliphatic hydroxyl groups excluding tert-OH is 1. The number of aliphatic hydroxyl groups is 1.